The van der Waals surface area contributed by atoms with Gasteiger partial charge in [0.05, 0.1) is 17.3 Å². The number of nitrogens with two attached hydrogens (primary N) is 1. The normalized spacial score (nSPS) is 10.5. The van der Waals surface area contributed by atoms with Gasteiger partial charge < -0.3 is 5.73 Å². The number of nitrogens with zero attached hydrogens (tertiary/aromatic N) is 3. The SMILES string of the molecule is Cc1cccc(-c2cc(CCCc3ccc(C#N)cc3)nc(N)n2)c1C. The third-order valence-corrected chi connectivity index (χ3v) is 4.66. The van der Waals surface area contributed by atoms with Crippen LogP contribution in [0, 0.1) is 25.2 Å². The second-order valence-corrected chi connectivity index (χ2v) is 6.51. The van der Waals surface area contributed by atoms with Crippen molar-refractivity contribution < 1.29 is 0 Å². The monoisotopic (exact) mass is 342 g/mol. The Morgan fingerprint density at radius 2 is 1.77 bits per heavy atom. The molecule has 0 aliphatic heterocycles. The summed E-state index contributed by atoms with van der Waals surface area (Å²) in [6.45, 7) is 4.20. The Labute approximate surface area is 154 Å². The molecule has 1 heterocycles. The summed E-state index contributed by atoms with van der Waals surface area (Å²) in [5.74, 6) is 0.316. The van der Waals surface area contributed by atoms with Crippen molar-refractivity contribution >= 4 is 5.95 Å². The van der Waals surface area contributed by atoms with Crippen LogP contribution in [-0.4, -0.2) is 9.97 Å². The van der Waals surface area contributed by atoms with Gasteiger partial charge in [0.1, 0.15) is 0 Å². The Morgan fingerprint density at radius 1 is 1.00 bits per heavy atom. The molecule has 0 amide bonds. The van der Waals surface area contributed by atoms with Crippen molar-refractivity contribution in [2.45, 2.75) is 33.1 Å². The second kappa shape index (κ2) is 7.79. The number of anilines is 1. The number of hydrogen-bond acceptors (Lipinski definition) is 4. The minimum atomic E-state index is 0.316. The van der Waals surface area contributed by atoms with Crippen molar-refractivity contribution in [1.29, 1.82) is 5.26 Å². The van der Waals surface area contributed by atoms with Crippen molar-refractivity contribution in [3.05, 3.63) is 76.5 Å². The highest BCUT2D eigenvalue weighted by Crippen LogP contribution is 2.25. The van der Waals surface area contributed by atoms with E-state index >= 15 is 0 Å². The van der Waals surface area contributed by atoms with Gasteiger partial charge in [-0.25, -0.2) is 9.97 Å². The van der Waals surface area contributed by atoms with Crippen LogP contribution in [0.5, 0.6) is 0 Å². The maximum absolute atomic E-state index is 8.86. The van der Waals surface area contributed by atoms with Crippen LogP contribution < -0.4 is 5.73 Å². The van der Waals surface area contributed by atoms with Gasteiger partial charge in [0.25, 0.3) is 0 Å². The number of nitriles is 1. The molecule has 2 aromatic carbocycles. The number of rotatable bonds is 5. The summed E-state index contributed by atoms with van der Waals surface area (Å²) in [5, 5.41) is 8.86. The lowest BCUT2D eigenvalue weighted by molar-refractivity contribution is 0.797. The number of nitrogen functional groups attached to an aromatic ring is 1. The molecular weight excluding hydrogens is 320 g/mol. The van der Waals surface area contributed by atoms with Gasteiger partial charge in [0.2, 0.25) is 5.95 Å². The molecule has 3 rings (SSSR count). The highest BCUT2D eigenvalue weighted by atomic mass is 15.0. The summed E-state index contributed by atoms with van der Waals surface area (Å²) in [5.41, 5.74) is 13.3. The summed E-state index contributed by atoms with van der Waals surface area (Å²) in [6.07, 6.45) is 2.74. The summed E-state index contributed by atoms with van der Waals surface area (Å²) < 4.78 is 0. The highest BCUT2D eigenvalue weighted by Gasteiger charge is 2.09. The van der Waals surface area contributed by atoms with Gasteiger partial charge in [-0.15, -0.1) is 0 Å². The molecule has 0 spiro atoms. The maximum atomic E-state index is 8.86. The van der Waals surface area contributed by atoms with E-state index < -0.39 is 0 Å². The third kappa shape index (κ3) is 4.07. The molecule has 0 unspecified atom stereocenters. The minimum Gasteiger partial charge on any atom is -0.368 e. The van der Waals surface area contributed by atoms with E-state index in [-0.39, 0.29) is 0 Å². The zero-order valence-electron chi connectivity index (χ0n) is 15.2. The molecule has 130 valence electrons. The Morgan fingerprint density at radius 3 is 2.50 bits per heavy atom. The predicted octanol–water partition coefficient (Wildman–Crippen LogP) is 4.39. The fourth-order valence-corrected chi connectivity index (χ4v) is 3.03. The topological polar surface area (TPSA) is 75.6 Å². The summed E-state index contributed by atoms with van der Waals surface area (Å²) in [6, 6.07) is 18.1. The van der Waals surface area contributed by atoms with Gasteiger partial charge in [0.15, 0.2) is 0 Å². The minimum absolute atomic E-state index is 0.316. The molecule has 0 saturated heterocycles. The van der Waals surface area contributed by atoms with Crippen molar-refractivity contribution in [1.82, 2.24) is 9.97 Å². The van der Waals surface area contributed by atoms with Gasteiger partial charge in [-0.3, -0.25) is 0 Å². The Hall–Kier alpha value is -3.19. The first-order valence-corrected chi connectivity index (χ1v) is 8.76. The van der Waals surface area contributed by atoms with E-state index in [9.17, 15) is 0 Å². The largest absolute Gasteiger partial charge is 0.368 e. The second-order valence-electron chi connectivity index (χ2n) is 6.51. The molecule has 26 heavy (non-hydrogen) atoms. The summed E-state index contributed by atoms with van der Waals surface area (Å²) in [4.78, 5) is 8.82. The van der Waals surface area contributed by atoms with E-state index in [4.69, 9.17) is 11.0 Å². The molecular formula is C22H22N4. The zero-order chi connectivity index (χ0) is 18.5. The van der Waals surface area contributed by atoms with E-state index in [2.05, 4.69) is 42.0 Å². The number of benzene rings is 2. The quantitative estimate of drug-likeness (QED) is 0.746. The van der Waals surface area contributed by atoms with Crippen molar-refractivity contribution in [3.63, 3.8) is 0 Å². The summed E-state index contributed by atoms with van der Waals surface area (Å²) >= 11 is 0. The average Bonchev–Trinajstić information content (AvgIpc) is 2.64. The fourth-order valence-electron chi connectivity index (χ4n) is 3.03. The Bertz CT molecular complexity index is 953. The van der Waals surface area contributed by atoms with Crippen molar-refractivity contribution in [2.75, 3.05) is 5.73 Å². The molecule has 2 N–H and O–H groups in total. The summed E-state index contributed by atoms with van der Waals surface area (Å²) in [7, 11) is 0. The molecule has 1 aromatic heterocycles. The first-order chi connectivity index (χ1) is 12.6. The Kier molecular flexibility index (Phi) is 5.28. The van der Waals surface area contributed by atoms with E-state index in [0.717, 1.165) is 36.2 Å². The van der Waals surface area contributed by atoms with Crippen LogP contribution in [0.2, 0.25) is 0 Å². The molecule has 0 radical (unpaired) electrons. The fraction of sp³-hybridized carbons (Fsp3) is 0.227. The van der Waals surface area contributed by atoms with Crippen molar-refractivity contribution in [3.8, 4) is 17.3 Å². The number of aryl methyl sites for hydroxylation is 3. The molecule has 0 saturated carbocycles. The van der Waals surface area contributed by atoms with Gasteiger partial charge in [-0.2, -0.15) is 5.26 Å². The van der Waals surface area contributed by atoms with Crippen LogP contribution in [0.1, 0.15) is 34.4 Å². The van der Waals surface area contributed by atoms with Crippen LogP contribution in [0.25, 0.3) is 11.3 Å². The first kappa shape index (κ1) is 17.6. The molecule has 0 aliphatic carbocycles. The van der Waals surface area contributed by atoms with Crippen LogP contribution in [-0.2, 0) is 12.8 Å². The van der Waals surface area contributed by atoms with Gasteiger partial charge >= 0.3 is 0 Å². The molecule has 3 aromatic rings. The maximum Gasteiger partial charge on any atom is 0.220 e. The lowest BCUT2D eigenvalue weighted by Gasteiger charge is -2.10. The molecule has 0 bridgehead atoms. The molecule has 0 fully saturated rings. The van der Waals surface area contributed by atoms with E-state index in [1.807, 2.05) is 36.4 Å². The lowest BCUT2D eigenvalue weighted by atomic mass is 9.99. The molecule has 4 heteroatoms. The van der Waals surface area contributed by atoms with Crippen LogP contribution in [0.3, 0.4) is 0 Å². The molecule has 0 atom stereocenters. The number of hydrogen-bond donors (Lipinski definition) is 1. The average molecular weight is 342 g/mol. The van der Waals surface area contributed by atoms with Crippen LogP contribution >= 0.6 is 0 Å². The highest BCUT2D eigenvalue weighted by molar-refractivity contribution is 5.66. The van der Waals surface area contributed by atoms with Gasteiger partial charge in [-0.1, -0.05) is 30.3 Å². The third-order valence-electron chi connectivity index (χ3n) is 4.66. The van der Waals surface area contributed by atoms with Gasteiger partial charge in [0, 0.05) is 11.3 Å². The van der Waals surface area contributed by atoms with E-state index in [0.29, 0.717) is 11.5 Å². The van der Waals surface area contributed by atoms with Crippen molar-refractivity contribution in [2.24, 2.45) is 0 Å². The Balaban J connectivity index is 1.73. The standard InChI is InChI=1S/C22H22N4/c1-15-5-3-8-20(16(15)2)21-13-19(25-22(24)26-21)7-4-6-17-9-11-18(14-23)12-10-17/h3,5,8-13H,4,6-7H2,1-2H3,(H2,24,25,26). The zero-order valence-corrected chi connectivity index (χ0v) is 15.2. The van der Waals surface area contributed by atoms with Gasteiger partial charge in [-0.05, 0) is 68.0 Å². The van der Waals surface area contributed by atoms with Crippen LogP contribution in [0.4, 0.5) is 5.95 Å². The predicted molar refractivity (Wildman–Crippen MR) is 105 cm³/mol. The number of aromatic nitrogens is 2. The first-order valence-electron chi connectivity index (χ1n) is 8.76. The molecule has 4 nitrogen and oxygen atoms in total. The van der Waals surface area contributed by atoms with E-state index in [1.54, 1.807) is 0 Å². The molecule has 0 aliphatic rings. The van der Waals surface area contributed by atoms with Crippen LogP contribution in [0.15, 0.2) is 48.5 Å². The van der Waals surface area contributed by atoms with E-state index in [1.165, 1.54) is 16.7 Å². The smallest absolute Gasteiger partial charge is 0.220 e. The lowest BCUT2D eigenvalue weighted by Crippen LogP contribution is -2.02.